The van der Waals surface area contributed by atoms with E-state index in [0.29, 0.717) is 0 Å². The number of hydrogen-bond acceptors (Lipinski definition) is 2. The van der Waals surface area contributed by atoms with E-state index in [4.69, 9.17) is 4.42 Å². The topological polar surface area (TPSA) is 42.2 Å². The summed E-state index contributed by atoms with van der Waals surface area (Å²) in [7, 11) is 0. The number of halogens is 1. The second kappa shape index (κ2) is 5.64. The number of hydrogen-bond donors (Lipinski definition) is 1. The molecule has 0 unspecified atom stereocenters. The maximum atomic E-state index is 13.7. The zero-order valence-corrected chi connectivity index (χ0v) is 12.4. The average molecular weight is 297 g/mol. The number of rotatable bonds is 3. The molecule has 0 spiro atoms. The van der Waals surface area contributed by atoms with E-state index in [2.05, 4.69) is 5.32 Å². The first-order chi connectivity index (χ1) is 10.5. The van der Waals surface area contributed by atoms with Gasteiger partial charge in [-0.3, -0.25) is 4.79 Å². The van der Waals surface area contributed by atoms with Crippen molar-refractivity contribution in [2.75, 3.05) is 5.32 Å². The lowest BCUT2D eigenvalue weighted by atomic mass is 10.1. The maximum absolute atomic E-state index is 13.7. The molecule has 1 N–H and O–H groups in total. The number of nitrogens with one attached hydrogen (secondary N) is 1. The van der Waals surface area contributed by atoms with Gasteiger partial charge in [-0.25, -0.2) is 4.39 Å². The minimum atomic E-state index is -0.438. The van der Waals surface area contributed by atoms with Crippen molar-refractivity contribution in [2.24, 2.45) is 0 Å². The molecule has 0 saturated carbocycles. The fourth-order valence-electron chi connectivity index (χ4n) is 2.43. The van der Waals surface area contributed by atoms with Crippen molar-refractivity contribution in [3.05, 3.63) is 65.2 Å². The highest BCUT2D eigenvalue weighted by Gasteiger charge is 2.12. The van der Waals surface area contributed by atoms with Gasteiger partial charge in [-0.15, -0.1) is 0 Å². The van der Waals surface area contributed by atoms with E-state index in [9.17, 15) is 9.18 Å². The van der Waals surface area contributed by atoms with Crippen molar-refractivity contribution in [1.82, 2.24) is 0 Å². The molecule has 0 aliphatic carbocycles. The van der Waals surface area contributed by atoms with E-state index >= 15 is 0 Å². The Bertz CT molecular complexity index is 851. The molecule has 0 atom stereocenters. The number of benzene rings is 2. The third kappa shape index (κ3) is 2.86. The quantitative estimate of drug-likeness (QED) is 0.780. The van der Waals surface area contributed by atoms with Gasteiger partial charge in [0.15, 0.2) is 0 Å². The zero-order chi connectivity index (χ0) is 15.7. The van der Waals surface area contributed by atoms with Crippen LogP contribution in [0.3, 0.4) is 0 Å². The first-order valence-corrected chi connectivity index (χ1v) is 7.05. The molecular formula is C18H16FNO2. The standard InChI is InChI=1S/C18H16FNO2/c1-11-4-6-15(19)16(7-11)20-18(21)9-13-10-22-17-8-12(2)3-5-14(13)17/h3-8,10H,9H2,1-2H3,(H,20,21). The molecule has 0 radical (unpaired) electrons. The summed E-state index contributed by atoms with van der Waals surface area (Å²) in [5, 5.41) is 3.52. The van der Waals surface area contributed by atoms with Crippen LogP contribution in [-0.4, -0.2) is 5.91 Å². The highest BCUT2D eigenvalue weighted by atomic mass is 19.1. The Labute approximate surface area is 127 Å². The van der Waals surface area contributed by atoms with Crippen LogP contribution in [0.4, 0.5) is 10.1 Å². The van der Waals surface area contributed by atoms with Crippen LogP contribution < -0.4 is 5.32 Å². The van der Waals surface area contributed by atoms with Gasteiger partial charge in [-0.2, -0.15) is 0 Å². The molecule has 3 aromatic rings. The van der Waals surface area contributed by atoms with Gasteiger partial charge in [0.25, 0.3) is 0 Å². The Kier molecular flexibility index (Phi) is 3.67. The lowest BCUT2D eigenvalue weighted by molar-refractivity contribution is -0.115. The molecule has 0 aliphatic rings. The first kappa shape index (κ1) is 14.3. The third-order valence-electron chi connectivity index (χ3n) is 3.56. The molecule has 4 heteroatoms. The van der Waals surface area contributed by atoms with Crippen LogP contribution >= 0.6 is 0 Å². The Balaban J connectivity index is 1.80. The summed E-state index contributed by atoms with van der Waals surface area (Å²) in [6, 6.07) is 10.5. The van der Waals surface area contributed by atoms with Crippen molar-refractivity contribution >= 4 is 22.6 Å². The van der Waals surface area contributed by atoms with Gasteiger partial charge in [-0.05, 0) is 43.2 Å². The number of carbonyl (C=O) groups excluding carboxylic acids is 1. The summed E-state index contributed by atoms with van der Waals surface area (Å²) in [6.45, 7) is 3.83. The number of aryl methyl sites for hydroxylation is 2. The summed E-state index contributed by atoms with van der Waals surface area (Å²) in [5.41, 5.74) is 3.74. The minimum Gasteiger partial charge on any atom is -0.464 e. The largest absolute Gasteiger partial charge is 0.464 e. The van der Waals surface area contributed by atoms with E-state index in [0.717, 1.165) is 27.7 Å². The van der Waals surface area contributed by atoms with E-state index in [-0.39, 0.29) is 18.0 Å². The Morgan fingerprint density at radius 3 is 2.68 bits per heavy atom. The molecule has 1 heterocycles. The second-order valence-corrected chi connectivity index (χ2v) is 5.47. The lowest BCUT2D eigenvalue weighted by Gasteiger charge is -2.07. The number of anilines is 1. The number of carbonyl (C=O) groups is 1. The average Bonchev–Trinajstić information content (AvgIpc) is 2.85. The molecule has 1 amide bonds. The monoisotopic (exact) mass is 297 g/mol. The summed E-state index contributed by atoms with van der Waals surface area (Å²) in [4.78, 5) is 12.1. The smallest absolute Gasteiger partial charge is 0.229 e. The molecule has 0 bridgehead atoms. The fourth-order valence-corrected chi connectivity index (χ4v) is 2.43. The molecule has 0 saturated heterocycles. The molecule has 0 aliphatic heterocycles. The molecule has 0 fully saturated rings. The van der Waals surface area contributed by atoms with Gasteiger partial charge in [0, 0.05) is 10.9 Å². The molecular weight excluding hydrogens is 281 g/mol. The van der Waals surface area contributed by atoms with Crippen molar-refractivity contribution in [3.8, 4) is 0 Å². The number of amides is 1. The van der Waals surface area contributed by atoms with E-state index < -0.39 is 5.82 Å². The van der Waals surface area contributed by atoms with E-state index in [1.165, 1.54) is 6.07 Å². The SMILES string of the molecule is Cc1ccc(F)c(NC(=O)Cc2coc3cc(C)ccc23)c1. The van der Waals surface area contributed by atoms with Crippen molar-refractivity contribution in [1.29, 1.82) is 0 Å². The predicted molar refractivity (Wildman–Crippen MR) is 84.4 cm³/mol. The maximum Gasteiger partial charge on any atom is 0.229 e. The minimum absolute atomic E-state index is 0.142. The first-order valence-electron chi connectivity index (χ1n) is 7.05. The summed E-state index contributed by atoms with van der Waals surface area (Å²) in [5.74, 6) is -0.709. The fraction of sp³-hybridized carbons (Fsp3) is 0.167. The third-order valence-corrected chi connectivity index (χ3v) is 3.56. The molecule has 112 valence electrons. The summed E-state index contributed by atoms with van der Waals surface area (Å²) < 4.78 is 19.1. The van der Waals surface area contributed by atoms with Crippen LogP contribution in [0.5, 0.6) is 0 Å². The highest BCUT2D eigenvalue weighted by Crippen LogP contribution is 2.23. The second-order valence-electron chi connectivity index (χ2n) is 5.47. The van der Waals surface area contributed by atoms with Crippen LogP contribution in [0.2, 0.25) is 0 Å². The molecule has 1 aromatic heterocycles. The predicted octanol–water partition coefficient (Wildman–Crippen LogP) is 4.37. The highest BCUT2D eigenvalue weighted by molar-refractivity contribution is 5.95. The van der Waals surface area contributed by atoms with Gasteiger partial charge < -0.3 is 9.73 Å². The van der Waals surface area contributed by atoms with Crippen molar-refractivity contribution in [3.63, 3.8) is 0 Å². The van der Waals surface area contributed by atoms with Gasteiger partial charge in [0.05, 0.1) is 18.4 Å². The van der Waals surface area contributed by atoms with E-state index in [1.54, 1.807) is 18.4 Å². The van der Waals surface area contributed by atoms with Crippen LogP contribution in [0.15, 0.2) is 47.1 Å². The van der Waals surface area contributed by atoms with Crippen molar-refractivity contribution < 1.29 is 13.6 Å². The Hall–Kier alpha value is -2.62. The zero-order valence-electron chi connectivity index (χ0n) is 12.4. The van der Waals surface area contributed by atoms with Crippen LogP contribution in [0.1, 0.15) is 16.7 Å². The van der Waals surface area contributed by atoms with Gasteiger partial charge in [-0.1, -0.05) is 18.2 Å². The van der Waals surface area contributed by atoms with Crippen LogP contribution in [0, 0.1) is 19.7 Å². The number of furan rings is 1. The Morgan fingerprint density at radius 2 is 1.86 bits per heavy atom. The van der Waals surface area contributed by atoms with Crippen molar-refractivity contribution in [2.45, 2.75) is 20.3 Å². The molecule has 2 aromatic carbocycles. The van der Waals surface area contributed by atoms with Gasteiger partial charge >= 0.3 is 0 Å². The lowest BCUT2D eigenvalue weighted by Crippen LogP contribution is -2.15. The summed E-state index contributed by atoms with van der Waals surface area (Å²) >= 11 is 0. The molecule has 22 heavy (non-hydrogen) atoms. The number of fused-ring (bicyclic) bond motifs is 1. The molecule has 3 nitrogen and oxygen atoms in total. The molecule has 3 rings (SSSR count). The van der Waals surface area contributed by atoms with Crippen LogP contribution in [-0.2, 0) is 11.2 Å². The normalized spacial score (nSPS) is 10.9. The van der Waals surface area contributed by atoms with Crippen LogP contribution in [0.25, 0.3) is 11.0 Å². The van der Waals surface area contributed by atoms with Gasteiger partial charge in [0.2, 0.25) is 5.91 Å². The Morgan fingerprint density at radius 1 is 1.14 bits per heavy atom. The summed E-state index contributed by atoms with van der Waals surface area (Å²) in [6.07, 6.45) is 1.72. The van der Waals surface area contributed by atoms with Gasteiger partial charge in [0.1, 0.15) is 11.4 Å². The van der Waals surface area contributed by atoms with E-state index in [1.807, 2.05) is 32.0 Å².